The summed E-state index contributed by atoms with van der Waals surface area (Å²) in [6.07, 6.45) is 4.03. The minimum atomic E-state index is 0.405. The van der Waals surface area contributed by atoms with Crippen LogP contribution in [0.4, 0.5) is 0 Å². The van der Waals surface area contributed by atoms with Crippen molar-refractivity contribution in [2.45, 2.75) is 52.4 Å². The molecule has 1 atom stereocenters. The normalized spacial score (nSPS) is 16.5. The molecule has 1 aromatic carbocycles. The van der Waals surface area contributed by atoms with Gasteiger partial charge >= 0.3 is 0 Å². The van der Waals surface area contributed by atoms with Gasteiger partial charge in [-0.05, 0) is 49.6 Å². The number of aromatic nitrogens is 5. The summed E-state index contributed by atoms with van der Waals surface area (Å²) in [6.45, 7) is 6.34. The number of rotatable bonds is 6. The maximum atomic E-state index is 5.13. The Bertz CT molecular complexity index is 928. The first kappa shape index (κ1) is 17.9. The zero-order valence-corrected chi connectivity index (χ0v) is 16.1. The number of aryl methyl sites for hydroxylation is 3. The van der Waals surface area contributed by atoms with Gasteiger partial charge in [-0.1, -0.05) is 6.07 Å². The minimum Gasteiger partial charge on any atom is -0.377 e. The van der Waals surface area contributed by atoms with Crippen LogP contribution in [0.1, 0.15) is 34.9 Å². The number of hydrogen-bond donors (Lipinski definition) is 1. The van der Waals surface area contributed by atoms with Gasteiger partial charge in [0, 0.05) is 32.3 Å². The summed E-state index contributed by atoms with van der Waals surface area (Å²) >= 11 is 0. The summed E-state index contributed by atoms with van der Waals surface area (Å²) in [5, 5.41) is 12.7. The van der Waals surface area contributed by atoms with Crippen LogP contribution >= 0.6 is 0 Å². The van der Waals surface area contributed by atoms with Crippen LogP contribution in [0.15, 0.2) is 30.5 Å². The maximum Gasteiger partial charge on any atom is 0.176 e. The molecular weight excluding hydrogens is 340 g/mol. The summed E-state index contributed by atoms with van der Waals surface area (Å²) in [5.74, 6) is 1.84. The van der Waals surface area contributed by atoms with Crippen molar-refractivity contribution in [3.05, 3.63) is 58.9 Å². The van der Waals surface area contributed by atoms with Crippen LogP contribution in [-0.2, 0) is 30.9 Å². The molecule has 0 saturated carbocycles. The highest BCUT2D eigenvalue weighted by molar-refractivity contribution is 5.39. The van der Waals surface area contributed by atoms with Crippen LogP contribution in [0, 0.1) is 13.8 Å². The first-order valence-corrected chi connectivity index (χ1v) is 9.39. The van der Waals surface area contributed by atoms with Crippen molar-refractivity contribution in [1.82, 2.24) is 29.9 Å². The van der Waals surface area contributed by atoms with Crippen LogP contribution in [0.5, 0.6) is 0 Å². The first-order valence-electron chi connectivity index (χ1n) is 9.39. The van der Waals surface area contributed by atoms with Crippen LogP contribution in [0.2, 0.25) is 0 Å². The van der Waals surface area contributed by atoms with Crippen molar-refractivity contribution in [3.63, 3.8) is 0 Å². The van der Waals surface area contributed by atoms with E-state index in [0.29, 0.717) is 12.6 Å². The Hall–Kier alpha value is -2.51. The molecule has 27 heavy (non-hydrogen) atoms. The third kappa shape index (κ3) is 3.94. The fourth-order valence-electron chi connectivity index (χ4n) is 3.55. The standard InChI is InChI=1S/C20H26N6O/c1-14-10-18(25-9-8-15(2)23-25)6-4-16(14)11-21-17-5-7-20-22-19(13-27-3)24-26(20)12-17/h4,6,8-10,17,21H,5,7,11-13H2,1-3H3. The van der Waals surface area contributed by atoms with Crippen LogP contribution in [0.3, 0.4) is 0 Å². The van der Waals surface area contributed by atoms with Gasteiger partial charge in [-0.25, -0.2) is 14.3 Å². The predicted octanol–water partition coefficient (Wildman–Crippen LogP) is 2.33. The van der Waals surface area contributed by atoms with Crippen LogP contribution < -0.4 is 5.32 Å². The van der Waals surface area contributed by atoms with E-state index in [2.05, 4.69) is 45.6 Å². The van der Waals surface area contributed by atoms with Gasteiger partial charge in [-0.3, -0.25) is 0 Å². The number of fused-ring (bicyclic) bond motifs is 1. The molecule has 3 heterocycles. The van der Waals surface area contributed by atoms with Gasteiger partial charge in [0.25, 0.3) is 0 Å². The lowest BCUT2D eigenvalue weighted by Gasteiger charge is -2.24. The van der Waals surface area contributed by atoms with Gasteiger partial charge in [-0.2, -0.15) is 10.2 Å². The van der Waals surface area contributed by atoms with Gasteiger partial charge in [0.05, 0.1) is 17.9 Å². The minimum absolute atomic E-state index is 0.405. The molecule has 3 aromatic rings. The second kappa shape index (κ2) is 7.62. The van der Waals surface area contributed by atoms with Gasteiger partial charge < -0.3 is 10.1 Å². The van der Waals surface area contributed by atoms with Gasteiger partial charge in [0.2, 0.25) is 0 Å². The highest BCUT2D eigenvalue weighted by Crippen LogP contribution is 2.17. The Labute approximate surface area is 159 Å². The van der Waals surface area contributed by atoms with Gasteiger partial charge in [0.15, 0.2) is 5.82 Å². The molecule has 0 aliphatic carbocycles. The molecule has 0 amide bonds. The Balaban J connectivity index is 1.38. The van der Waals surface area contributed by atoms with E-state index in [1.54, 1.807) is 7.11 Å². The highest BCUT2D eigenvalue weighted by atomic mass is 16.5. The molecule has 1 N–H and O–H groups in total. The molecule has 142 valence electrons. The van der Waals surface area contributed by atoms with Crippen molar-refractivity contribution in [2.24, 2.45) is 0 Å². The number of hydrogen-bond acceptors (Lipinski definition) is 5. The molecule has 0 bridgehead atoms. The molecule has 2 aromatic heterocycles. The molecule has 7 heteroatoms. The largest absolute Gasteiger partial charge is 0.377 e. The molecule has 7 nitrogen and oxygen atoms in total. The van der Waals surface area contributed by atoms with Gasteiger partial charge in [0.1, 0.15) is 12.4 Å². The first-order chi connectivity index (χ1) is 13.1. The van der Waals surface area contributed by atoms with E-state index >= 15 is 0 Å². The molecule has 1 aliphatic rings. The molecule has 0 fully saturated rings. The average molecular weight is 366 g/mol. The van der Waals surface area contributed by atoms with Gasteiger partial charge in [-0.15, -0.1) is 0 Å². The topological polar surface area (TPSA) is 69.8 Å². The second-order valence-corrected chi connectivity index (χ2v) is 7.19. The number of nitrogens with zero attached hydrogens (tertiary/aromatic N) is 5. The Morgan fingerprint density at radius 2 is 2.11 bits per heavy atom. The number of nitrogens with one attached hydrogen (secondary N) is 1. The van der Waals surface area contributed by atoms with Crippen molar-refractivity contribution < 1.29 is 4.74 Å². The molecule has 0 radical (unpaired) electrons. The van der Waals surface area contributed by atoms with Crippen LogP contribution in [-0.4, -0.2) is 37.7 Å². The Morgan fingerprint density at radius 3 is 2.85 bits per heavy atom. The van der Waals surface area contributed by atoms with Crippen LogP contribution in [0.25, 0.3) is 5.69 Å². The molecular formula is C20H26N6O. The van der Waals surface area contributed by atoms with E-state index in [1.807, 2.05) is 28.6 Å². The third-order valence-electron chi connectivity index (χ3n) is 5.07. The second-order valence-electron chi connectivity index (χ2n) is 7.19. The Morgan fingerprint density at radius 1 is 1.22 bits per heavy atom. The summed E-state index contributed by atoms with van der Waals surface area (Å²) in [6, 6.07) is 8.93. The lowest BCUT2D eigenvalue weighted by Crippen LogP contribution is -2.37. The van der Waals surface area contributed by atoms with E-state index in [0.717, 1.165) is 49.0 Å². The summed E-state index contributed by atoms with van der Waals surface area (Å²) in [5.41, 5.74) is 4.71. The van der Waals surface area contributed by atoms with Crippen molar-refractivity contribution >= 4 is 0 Å². The van der Waals surface area contributed by atoms with E-state index < -0.39 is 0 Å². The maximum absolute atomic E-state index is 5.13. The fourth-order valence-corrected chi connectivity index (χ4v) is 3.55. The summed E-state index contributed by atoms with van der Waals surface area (Å²) in [4.78, 5) is 4.54. The molecule has 1 aliphatic heterocycles. The number of benzene rings is 1. The fraction of sp³-hybridized carbons (Fsp3) is 0.450. The Kier molecular flexibility index (Phi) is 5.05. The van der Waals surface area contributed by atoms with E-state index in [1.165, 1.54) is 11.1 Å². The monoisotopic (exact) mass is 366 g/mol. The SMILES string of the molecule is COCc1nc2n(n1)CC(NCc1ccc(-n3ccc(C)n3)cc1C)CC2. The molecule has 1 unspecified atom stereocenters. The summed E-state index contributed by atoms with van der Waals surface area (Å²) in [7, 11) is 1.67. The lowest BCUT2D eigenvalue weighted by atomic mass is 10.0. The number of methoxy groups -OCH3 is 1. The van der Waals surface area contributed by atoms with Crippen molar-refractivity contribution in [3.8, 4) is 5.69 Å². The zero-order valence-electron chi connectivity index (χ0n) is 16.1. The quantitative estimate of drug-likeness (QED) is 0.725. The van der Waals surface area contributed by atoms with Crippen molar-refractivity contribution in [2.75, 3.05) is 7.11 Å². The highest BCUT2D eigenvalue weighted by Gasteiger charge is 2.21. The number of ether oxygens (including phenoxy) is 1. The van der Waals surface area contributed by atoms with Crippen molar-refractivity contribution in [1.29, 1.82) is 0 Å². The molecule has 0 saturated heterocycles. The molecule has 0 spiro atoms. The smallest absolute Gasteiger partial charge is 0.176 e. The van der Waals surface area contributed by atoms with E-state index in [-0.39, 0.29) is 0 Å². The molecule has 4 rings (SSSR count). The lowest BCUT2D eigenvalue weighted by molar-refractivity contribution is 0.177. The third-order valence-corrected chi connectivity index (χ3v) is 5.07. The predicted molar refractivity (Wildman–Crippen MR) is 103 cm³/mol. The van der Waals surface area contributed by atoms with E-state index in [9.17, 15) is 0 Å². The average Bonchev–Trinajstić information content (AvgIpc) is 3.26. The summed E-state index contributed by atoms with van der Waals surface area (Å²) < 4.78 is 9.07. The zero-order chi connectivity index (χ0) is 18.8. The van der Waals surface area contributed by atoms with E-state index in [4.69, 9.17) is 4.74 Å².